The molecule has 25 heavy (non-hydrogen) atoms. The van der Waals surface area contributed by atoms with Gasteiger partial charge in [0.05, 0.1) is 0 Å². The van der Waals surface area contributed by atoms with E-state index in [0.717, 1.165) is 13.0 Å². The van der Waals surface area contributed by atoms with Crippen LogP contribution in [-0.2, 0) is 11.3 Å². The molecule has 1 saturated heterocycles. The summed E-state index contributed by atoms with van der Waals surface area (Å²) in [6, 6.07) is 3.55. The summed E-state index contributed by atoms with van der Waals surface area (Å²) in [5, 5.41) is 7.13. The number of fused-ring (bicyclic) bond motifs is 1. The highest BCUT2D eigenvalue weighted by Crippen LogP contribution is 2.09. The smallest absolute Gasteiger partial charge is 0.291 e. The van der Waals surface area contributed by atoms with E-state index in [1.54, 1.807) is 22.7 Å². The number of hydrogen-bond acceptors (Lipinski definition) is 4. The van der Waals surface area contributed by atoms with Gasteiger partial charge >= 0.3 is 0 Å². The third-order valence-electron chi connectivity index (χ3n) is 4.78. The van der Waals surface area contributed by atoms with Crippen molar-refractivity contribution in [3.05, 3.63) is 34.5 Å². The molecule has 0 spiro atoms. The number of likely N-dealkylation sites (tertiary alicyclic amines) is 1. The summed E-state index contributed by atoms with van der Waals surface area (Å²) in [5.41, 5.74) is 0.303. The Labute approximate surface area is 147 Å². The summed E-state index contributed by atoms with van der Waals surface area (Å²) >= 11 is 0. The minimum Gasteiger partial charge on any atom is -0.354 e. The predicted molar refractivity (Wildman–Crippen MR) is 96.7 cm³/mol. The Kier molecular flexibility index (Phi) is 5.86. The first-order chi connectivity index (χ1) is 12.1. The number of carbonyl (C=O) groups excluding carboxylic acids is 1. The molecule has 3 rings (SSSR count). The van der Waals surface area contributed by atoms with Crippen LogP contribution >= 0.6 is 0 Å². The van der Waals surface area contributed by atoms with Gasteiger partial charge in [0.2, 0.25) is 5.91 Å². The van der Waals surface area contributed by atoms with Crippen molar-refractivity contribution >= 4 is 11.4 Å². The molecule has 1 fully saturated rings. The molecule has 0 atom stereocenters. The van der Waals surface area contributed by atoms with Crippen LogP contribution in [0.1, 0.15) is 37.9 Å². The number of nitrogens with zero attached hydrogens (tertiary/aromatic N) is 4. The maximum atomic E-state index is 12.3. The van der Waals surface area contributed by atoms with Crippen LogP contribution in [0.25, 0.3) is 5.52 Å². The zero-order valence-electron chi connectivity index (χ0n) is 14.9. The number of aromatic nitrogens is 3. The molecule has 0 saturated carbocycles. The maximum Gasteiger partial charge on any atom is 0.291 e. The summed E-state index contributed by atoms with van der Waals surface area (Å²) in [4.78, 5) is 26.9. The highest BCUT2D eigenvalue weighted by atomic mass is 16.2. The minimum absolute atomic E-state index is 0.0366. The number of rotatable bonds is 6. The van der Waals surface area contributed by atoms with Crippen molar-refractivity contribution in [1.82, 2.24) is 24.4 Å². The van der Waals surface area contributed by atoms with Gasteiger partial charge in [-0.15, -0.1) is 0 Å². The Balaban J connectivity index is 1.48. The van der Waals surface area contributed by atoms with Crippen molar-refractivity contribution in [3.63, 3.8) is 0 Å². The Morgan fingerprint density at radius 2 is 2.00 bits per heavy atom. The fraction of sp³-hybridized carbons (Fsp3) is 0.611. The molecule has 3 heterocycles. The molecule has 136 valence electrons. The molecule has 2 aromatic heterocycles. The quantitative estimate of drug-likeness (QED) is 0.798. The topological polar surface area (TPSA) is 71.6 Å². The summed E-state index contributed by atoms with van der Waals surface area (Å²) in [6.45, 7) is 5.78. The summed E-state index contributed by atoms with van der Waals surface area (Å²) in [6.07, 6.45) is 7.96. The van der Waals surface area contributed by atoms with Crippen LogP contribution < -0.4 is 10.9 Å². The van der Waals surface area contributed by atoms with E-state index in [4.69, 9.17) is 0 Å². The largest absolute Gasteiger partial charge is 0.354 e. The van der Waals surface area contributed by atoms with Crippen LogP contribution in [0.15, 0.2) is 23.1 Å². The fourth-order valence-electron chi connectivity index (χ4n) is 3.43. The first-order valence-corrected chi connectivity index (χ1v) is 9.19. The van der Waals surface area contributed by atoms with Crippen molar-refractivity contribution in [1.29, 1.82) is 0 Å². The first-order valence-electron chi connectivity index (χ1n) is 9.19. The summed E-state index contributed by atoms with van der Waals surface area (Å²) in [5.74, 6) is 0.523. The SMILES string of the molecule is Cc1nn(CC(=O)NCCCN2CCCCCC2)c(=O)c2cccn12. The first kappa shape index (κ1) is 17.7. The lowest BCUT2D eigenvalue weighted by atomic mass is 10.2. The Morgan fingerprint density at radius 1 is 1.24 bits per heavy atom. The number of carbonyl (C=O) groups is 1. The van der Waals surface area contributed by atoms with Crippen LogP contribution in [0.4, 0.5) is 0 Å². The Hall–Kier alpha value is -2.15. The third-order valence-corrected chi connectivity index (χ3v) is 4.78. The van der Waals surface area contributed by atoms with Gasteiger partial charge in [-0.05, 0) is 58.0 Å². The average molecular weight is 345 g/mol. The van der Waals surface area contributed by atoms with Crippen molar-refractivity contribution in [2.24, 2.45) is 0 Å². The molecule has 0 radical (unpaired) electrons. The molecular formula is C18H27N5O2. The van der Waals surface area contributed by atoms with Crippen molar-refractivity contribution in [2.75, 3.05) is 26.2 Å². The molecule has 1 aliphatic heterocycles. The van der Waals surface area contributed by atoms with E-state index in [-0.39, 0.29) is 18.0 Å². The number of amides is 1. The number of hydrogen-bond donors (Lipinski definition) is 1. The highest BCUT2D eigenvalue weighted by Gasteiger charge is 2.11. The molecule has 1 amide bonds. The van der Waals surface area contributed by atoms with Crippen LogP contribution in [0, 0.1) is 6.92 Å². The van der Waals surface area contributed by atoms with Gasteiger partial charge in [0, 0.05) is 12.7 Å². The molecule has 1 N–H and O–H groups in total. The van der Waals surface area contributed by atoms with Gasteiger partial charge in [-0.2, -0.15) is 5.10 Å². The summed E-state index contributed by atoms with van der Waals surface area (Å²) < 4.78 is 2.98. The van der Waals surface area contributed by atoms with Crippen LogP contribution in [0.2, 0.25) is 0 Å². The molecule has 0 bridgehead atoms. The van der Waals surface area contributed by atoms with E-state index in [1.165, 1.54) is 43.5 Å². The van der Waals surface area contributed by atoms with Crippen LogP contribution in [0.3, 0.4) is 0 Å². The number of aryl methyl sites for hydroxylation is 1. The van der Waals surface area contributed by atoms with Gasteiger partial charge in [0.1, 0.15) is 17.9 Å². The van der Waals surface area contributed by atoms with Crippen molar-refractivity contribution in [2.45, 2.75) is 45.6 Å². The van der Waals surface area contributed by atoms with E-state index < -0.39 is 0 Å². The van der Waals surface area contributed by atoms with Gasteiger partial charge in [-0.25, -0.2) is 4.68 Å². The Morgan fingerprint density at radius 3 is 2.76 bits per heavy atom. The normalized spacial score (nSPS) is 16.0. The number of nitrogens with one attached hydrogen (secondary N) is 1. The molecule has 7 nitrogen and oxygen atoms in total. The molecule has 0 aliphatic carbocycles. The minimum atomic E-state index is -0.240. The second kappa shape index (κ2) is 8.29. The average Bonchev–Trinajstić information content (AvgIpc) is 2.95. The second-order valence-electron chi connectivity index (χ2n) is 6.73. The van der Waals surface area contributed by atoms with Gasteiger partial charge in [0.25, 0.3) is 5.56 Å². The Bertz CT molecular complexity index is 771. The summed E-state index contributed by atoms with van der Waals surface area (Å²) in [7, 11) is 0. The maximum absolute atomic E-state index is 12.3. The van der Waals surface area contributed by atoms with E-state index in [2.05, 4.69) is 15.3 Å². The second-order valence-corrected chi connectivity index (χ2v) is 6.73. The van der Waals surface area contributed by atoms with E-state index in [1.807, 2.05) is 6.92 Å². The fourth-order valence-corrected chi connectivity index (χ4v) is 3.43. The zero-order chi connectivity index (χ0) is 17.6. The van der Waals surface area contributed by atoms with Crippen molar-refractivity contribution in [3.8, 4) is 0 Å². The van der Waals surface area contributed by atoms with E-state index in [0.29, 0.717) is 17.9 Å². The van der Waals surface area contributed by atoms with E-state index in [9.17, 15) is 9.59 Å². The van der Waals surface area contributed by atoms with E-state index >= 15 is 0 Å². The predicted octanol–water partition coefficient (Wildman–Crippen LogP) is 1.19. The molecule has 0 aromatic carbocycles. The molecular weight excluding hydrogens is 318 g/mol. The lowest BCUT2D eigenvalue weighted by Gasteiger charge is -2.19. The third kappa shape index (κ3) is 4.48. The lowest BCUT2D eigenvalue weighted by Crippen LogP contribution is -2.36. The zero-order valence-corrected chi connectivity index (χ0v) is 14.9. The molecule has 0 unspecified atom stereocenters. The van der Waals surface area contributed by atoms with Crippen LogP contribution in [0.5, 0.6) is 0 Å². The standard InChI is InChI=1S/C18H27N5O2/c1-15-20-23(18(25)16-8-6-13-22(15)16)14-17(24)19-9-7-12-21-10-4-2-3-5-11-21/h6,8,13H,2-5,7,9-12,14H2,1H3,(H,19,24). The van der Waals surface area contributed by atoms with Gasteiger partial charge in [-0.3, -0.25) is 14.0 Å². The van der Waals surface area contributed by atoms with Crippen molar-refractivity contribution < 1.29 is 4.79 Å². The highest BCUT2D eigenvalue weighted by molar-refractivity contribution is 5.75. The van der Waals surface area contributed by atoms with Gasteiger partial charge in [0.15, 0.2) is 0 Å². The van der Waals surface area contributed by atoms with Gasteiger partial charge in [-0.1, -0.05) is 12.8 Å². The van der Waals surface area contributed by atoms with Gasteiger partial charge < -0.3 is 10.2 Å². The molecule has 7 heteroatoms. The monoisotopic (exact) mass is 345 g/mol. The molecule has 1 aliphatic rings. The van der Waals surface area contributed by atoms with Crippen LogP contribution in [-0.4, -0.2) is 51.2 Å². The lowest BCUT2D eigenvalue weighted by molar-refractivity contribution is -0.121. The molecule has 2 aromatic rings.